The van der Waals surface area contributed by atoms with Gasteiger partial charge in [-0.3, -0.25) is 9.10 Å². The van der Waals surface area contributed by atoms with E-state index in [9.17, 15) is 13.2 Å². The lowest BCUT2D eigenvalue weighted by Gasteiger charge is -2.34. The Morgan fingerprint density at radius 2 is 1.92 bits per heavy atom. The quantitative estimate of drug-likeness (QED) is 0.778. The molecular weight excluding hydrogens is 420 g/mol. The summed E-state index contributed by atoms with van der Waals surface area (Å²) in [6.07, 6.45) is -0.123. The van der Waals surface area contributed by atoms with Crippen LogP contribution in [0, 0.1) is 0 Å². The van der Waals surface area contributed by atoms with Crippen LogP contribution in [-0.2, 0) is 14.8 Å². The normalized spacial score (nSPS) is 16.5. The lowest BCUT2D eigenvalue weighted by Crippen LogP contribution is -2.50. The first-order valence-electron chi connectivity index (χ1n) is 8.26. The van der Waals surface area contributed by atoms with Gasteiger partial charge in [0.05, 0.1) is 12.2 Å². The predicted octanol–water partition coefficient (Wildman–Crippen LogP) is 2.93. The summed E-state index contributed by atoms with van der Waals surface area (Å²) in [4.78, 5) is 12.5. The first kappa shape index (κ1) is 18.7. The molecule has 0 spiro atoms. The van der Waals surface area contributed by atoms with Crippen molar-refractivity contribution in [3.8, 4) is 5.75 Å². The Balaban J connectivity index is 2.02. The zero-order chi connectivity index (χ0) is 18.7. The molecule has 2 aromatic rings. The van der Waals surface area contributed by atoms with Gasteiger partial charge < -0.3 is 10.1 Å². The monoisotopic (exact) mass is 438 g/mol. The van der Waals surface area contributed by atoms with Gasteiger partial charge in [0.15, 0.2) is 6.10 Å². The van der Waals surface area contributed by atoms with E-state index in [0.717, 1.165) is 6.42 Å². The molecule has 0 aliphatic carbocycles. The van der Waals surface area contributed by atoms with Crippen LogP contribution in [0.15, 0.2) is 57.9 Å². The minimum Gasteiger partial charge on any atom is -0.476 e. The largest absolute Gasteiger partial charge is 0.476 e. The summed E-state index contributed by atoms with van der Waals surface area (Å²) in [5, 5.41) is 2.76. The van der Waals surface area contributed by atoms with E-state index in [-0.39, 0.29) is 17.3 Å². The Bertz CT molecular complexity index is 917. The fourth-order valence-electron chi connectivity index (χ4n) is 2.70. The summed E-state index contributed by atoms with van der Waals surface area (Å²) in [6.45, 7) is 2.37. The van der Waals surface area contributed by atoms with Crippen molar-refractivity contribution in [3.05, 3.63) is 53.0 Å². The maximum Gasteiger partial charge on any atom is 0.265 e. The number of ether oxygens (including phenoxy) is 1. The molecule has 0 fully saturated rings. The zero-order valence-corrected chi connectivity index (χ0v) is 16.6. The number of para-hydroxylation sites is 2. The van der Waals surface area contributed by atoms with Gasteiger partial charge in [0, 0.05) is 11.0 Å². The average molecular weight is 439 g/mol. The van der Waals surface area contributed by atoms with Crippen molar-refractivity contribution in [1.82, 2.24) is 5.32 Å². The van der Waals surface area contributed by atoms with Gasteiger partial charge in [-0.05, 0) is 46.6 Å². The number of hydrogen-bond acceptors (Lipinski definition) is 4. The predicted molar refractivity (Wildman–Crippen MR) is 103 cm³/mol. The van der Waals surface area contributed by atoms with Gasteiger partial charge in [0.1, 0.15) is 10.6 Å². The topological polar surface area (TPSA) is 75.7 Å². The van der Waals surface area contributed by atoms with Crippen LogP contribution in [0.3, 0.4) is 0 Å². The number of sulfonamides is 1. The standard InChI is InChI=1S/C18H19BrN2O4S/c1-2-11-20-18(22)16-12-21(14-8-4-5-9-15(14)25-16)26(23,24)17-10-6-3-7-13(17)19/h3-10,16H,2,11-12H2,1H3,(H,20,22). The van der Waals surface area contributed by atoms with Crippen LogP contribution in [-0.4, -0.2) is 33.5 Å². The maximum atomic E-state index is 13.3. The second-order valence-corrected chi connectivity index (χ2v) is 8.52. The van der Waals surface area contributed by atoms with Crippen LogP contribution in [0.4, 0.5) is 5.69 Å². The number of carbonyl (C=O) groups is 1. The molecule has 0 saturated carbocycles. The molecule has 1 unspecified atom stereocenters. The molecule has 1 aliphatic heterocycles. The average Bonchev–Trinajstić information content (AvgIpc) is 2.65. The molecule has 2 aromatic carbocycles. The number of amides is 1. The Morgan fingerprint density at radius 1 is 1.23 bits per heavy atom. The first-order chi connectivity index (χ1) is 12.4. The van der Waals surface area contributed by atoms with Crippen LogP contribution in [0.5, 0.6) is 5.75 Å². The minimum atomic E-state index is -3.87. The van der Waals surface area contributed by atoms with E-state index in [1.807, 2.05) is 6.92 Å². The van der Waals surface area contributed by atoms with Crippen LogP contribution in [0.1, 0.15) is 13.3 Å². The van der Waals surface area contributed by atoms with E-state index in [4.69, 9.17) is 4.74 Å². The molecule has 6 nitrogen and oxygen atoms in total. The number of nitrogens with zero attached hydrogens (tertiary/aromatic N) is 1. The van der Waals surface area contributed by atoms with Crippen LogP contribution >= 0.6 is 15.9 Å². The molecule has 0 bridgehead atoms. The van der Waals surface area contributed by atoms with Gasteiger partial charge in [0.2, 0.25) is 0 Å². The van der Waals surface area contributed by atoms with E-state index in [2.05, 4.69) is 21.2 Å². The van der Waals surface area contributed by atoms with Crippen LogP contribution < -0.4 is 14.4 Å². The number of rotatable bonds is 5. The molecule has 1 atom stereocenters. The summed E-state index contributed by atoms with van der Waals surface area (Å²) in [5.41, 5.74) is 0.419. The highest BCUT2D eigenvalue weighted by Gasteiger charge is 2.37. The Kier molecular flexibility index (Phi) is 5.52. The van der Waals surface area contributed by atoms with Crippen LogP contribution in [0.25, 0.3) is 0 Å². The molecule has 1 heterocycles. The van der Waals surface area contributed by atoms with Gasteiger partial charge >= 0.3 is 0 Å². The Hall–Kier alpha value is -2.06. The molecule has 1 amide bonds. The van der Waals surface area contributed by atoms with E-state index in [0.29, 0.717) is 22.5 Å². The van der Waals surface area contributed by atoms with Gasteiger partial charge in [-0.2, -0.15) is 0 Å². The lowest BCUT2D eigenvalue weighted by atomic mass is 10.2. The summed E-state index contributed by atoms with van der Waals surface area (Å²) in [6, 6.07) is 13.4. The fourth-order valence-corrected chi connectivity index (χ4v) is 5.14. The van der Waals surface area contributed by atoms with Gasteiger partial charge in [0.25, 0.3) is 15.9 Å². The third-order valence-corrected chi connectivity index (χ3v) is 6.77. The van der Waals surface area contributed by atoms with Crippen molar-refractivity contribution in [2.45, 2.75) is 24.3 Å². The number of benzene rings is 2. The molecule has 0 saturated heterocycles. The summed E-state index contributed by atoms with van der Waals surface area (Å²) >= 11 is 3.30. The van der Waals surface area contributed by atoms with Crippen molar-refractivity contribution in [1.29, 1.82) is 0 Å². The minimum absolute atomic E-state index is 0.0871. The molecule has 0 radical (unpaired) electrons. The van der Waals surface area contributed by atoms with Gasteiger partial charge in [-0.1, -0.05) is 31.2 Å². The van der Waals surface area contributed by atoms with E-state index in [1.165, 1.54) is 10.4 Å². The second kappa shape index (κ2) is 7.67. The van der Waals surface area contributed by atoms with Crippen molar-refractivity contribution in [3.63, 3.8) is 0 Å². The number of fused-ring (bicyclic) bond motifs is 1. The van der Waals surface area contributed by atoms with Gasteiger partial charge in [-0.15, -0.1) is 0 Å². The summed E-state index contributed by atoms with van der Waals surface area (Å²) in [7, 11) is -3.87. The summed E-state index contributed by atoms with van der Waals surface area (Å²) < 4.78 is 34.0. The van der Waals surface area contributed by atoms with Gasteiger partial charge in [-0.25, -0.2) is 8.42 Å². The Morgan fingerprint density at radius 3 is 2.65 bits per heavy atom. The molecule has 8 heteroatoms. The highest BCUT2D eigenvalue weighted by Crippen LogP contribution is 2.38. The third-order valence-electron chi connectivity index (χ3n) is 3.98. The van der Waals surface area contributed by atoms with Crippen molar-refractivity contribution in [2.75, 3.05) is 17.4 Å². The number of anilines is 1. The smallest absolute Gasteiger partial charge is 0.265 e. The van der Waals surface area contributed by atoms with E-state index in [1.54, 1.807) is 42.5 Å². The van der Waals surface area contributed by atoms with Crippen molar-refractivity contribution in [2.24, 2.45) is 0 Å². The zero-order valence-electron chi connectivity index (χ0n) is 14.2. The van der Waals surface area contributed by atoms with Crippen molar-refractivity contribution >= 4 is 37.5 Å². The van der Waals surface area contributed by atoms with Crippen LogP contribution in [0.2, 0.25) is 0 Å². The number of halogens is 1. The third kappa shape index (κ3) is 3.57. The second-order valence-electron chi connectivity index (χ2n) is 5.83. The van der Waals surface area contributed by atoms with E-state index < -0.39 is 16.1 Å². The van der Waals surface area contributed by atoms with Crippen molar-refractivity contribution < 1.29 is 17.9 Å². The SMILES string of the molecule is CCCNC(=O)C1CN(S(=O)(=O)c2ccccc2Br)c2ccccc2O1. The fraction of sp³-hybridized carbons (Fsp3) is 0.278. The molecular formula is C18H19BrN2O4S. The molecule has 26 heavy (non-hydrogen) atoms. The Labute approximate surface area is 161 Å². The molecule has 138 valence electrons. The lowest BCUT2D eigenvalue weighted by molar-refractivity contribution is -0.127. The maximum absolute atomic E-state index is 13.3. The van der Waals surface area contributed by atoms with E-state index >= 15 is 0 Å². The molecule has 1 N–H and O–H groups in total. The summed E-state index contributed by atoms with van der Waals surface area (Å²) in [5.74, 6) is 0.0414. The number of nitrogens with one attached hydrogen (secondary N) is 1. The molecule has 0 aromatic heterocycles. The highest BCUT2D eigenvalue weighted by atomic mass is 79.9. The first-order valence-corrected chi connectivity index (χ1v) is 10.5. The highest BCUT2D eigenvalue weighted by molar-refractivity contribution is 9.10. The molecule has 3 rings (SSSR count). The number of hydrogen-bond donors (Lipinski definition) is 1. The molecule has 1 aliphatic rings. The number of carbonyl (C=O) groups excluding carboxylic acids is 1.